The maximum atomic E-state index is 11.6. The average molecular weight is 280 g/mol. The fourth-order valence-electron chi connectivity index (χ4n) is 2.40. The highest BCUT2D eigenvalue weighted by Crippen LogP contribution is 2.44. The third-order valence-electron chi connectivity index (χ3n) is 3.66. The number of carbonyl (C=O) groups excluding carboxylic acids is 1. The van der Waals surface area contributed by atoms with E-state index in [1.807, 2.05) is 0 Å². The predicted octanol–water partition coefficient (Wildman–Crippen LogP) is 1.22. The lowest BCUT2D eigenvalue weighted by atomic mass is 9.64. The molecule has 5 heteroatoms. The van der Waals surface area contributed by atoms with Crippen LogP contribution in [0.1, 0.15) is 27.2 Å². The van der Waals surface area contributed by atoms with Crippen molar-refractivity contribution in [1.82, 2.24) is 0 Å². The lowest BCUT2D eigenvalue weighted by Crippen LogP contribution is -2.48. The highest BCUT2D eigenvalue weighted by molar-refractivity contribution is 5.92. The Morgan fingerprint density at radius 3 is 2.50 bits per heavy atom. The Morgan fingerprint density at radius 1 is 1.45 bits per heavy atom. The second-order valence-corrected chi connectivity index (χ2v) is 5.67. The van der Waals surface area contributed by atoms with Crippen LogP contribution >= 0.6 is 0 Å². The first-order chi connectivity index (χ1) is 9.12. The number of aliphatic hydroxyl groups is 2. The maximum Gasteiger partial charge on any atom is 0.328 e. The highest BCUT2D eigenvalue weighted by atomic mass is 16.4. The summed E-state index contributed by atoms with van der Waals surface area (Å²) < 4.78 is 0. The molecule has 0 spiro atoms. The first-order valence-electron chi connectivity index (χ1n) is 6.30. The van der Waals surface area contributed by atoms with Gasteiger partial charge in [0, 0.05) is 17.9 Å². The molecule has 0 fully saturated rings. The molecule has 1 aliphatic rings. The van der Waals surface area contributed by atoms with Crippen molar-refractivity contribution in [3.8, 4) is 0 Å². The molecule has 20 heavy (non-hydrogen) atoms. The van der Waals surface area contributed by atoms with E-state index in [1.54, 1.807) is 20.8 Å². The van der Waals surface area contributed by atoms with E-state index >= 15 is 0 Å². The summed E-state index contributed by atoms with van der Waals surface area (Å²) in [4.78, 5) is 22.2. The van der Waals surface area contributed by atoms with Crippen LogP contribution in [0.5, 0.6) is 0 Å². The molecular weight excluding hydrogens is 260 g/mol. The van der Waals surface area contributed by atoms with Gasteiger partial charge in [-0.15, -0.1) is 0 Å². The minimum Gasteiger partial charge on any atom is -0.478 e. The number of hydrogen-bond acceptors (Lipinski definition) is 4. The van der Waals surface area contributed by atoms with Crippen molar-refractivity contribution in [2.45, 2.75) is 32.8 Å². The minimum absolute atomic E-state index is 0.0472. The van der Waals surface area contributed by atoms with Gasteiger partial charge in [-0.2, -0.15) is 0 Å². The molecular formula is C15H20O5. The first-order valence-corrected chi connectivity index (χ1v) is 6.30. The van der Waals surface area contributed by atoms with Crippen molar-refractivity contribution >= 4 is 11.8 Å². The van der Waals surface area contributed by atoms with Gasteiger partial charge < -0.3 is 15.3 Å². The summed E-state index contributed by atoms with van der Waals surface area (Å²) in [5.74, 6) is -1.22. The fraction of sp³-hybridized carbons (Fsp3) is 0.467. The second kappa shape index (κ2) is 5.73. The van der Waals surface area contributed by atoms with Gasteiger partial charge in [0.25, 0.3) is 0 Å². The van der Waals surface area contributed by atoms with Gasteiger partial charge in [0.2, 0.25) is 0 Å². The zero-order valence-electron chi connectivity index (χ0n) is 11.9. The molecule has 5 nitrogen and oxygen atoms in total. The quantitative estimate of drug-likeness (QED) is 0.531. The number of rotatable bonds is 4. The molecule has 0 aliphatic heterocycles. The van der Waals surface area contributed by atoms with Crippen molar-refractivity contribution in [3.05, 3.63) is 35.5 Å². The molecule has 0 aromatic heterocycles. The van der Waals surface area contributed by atoms with Crippen LogP contribution in [0.2, 0.25) is 0 Å². The van der Waals surface area contributed by atoms with Crippen LogP contribution in [-0.4, -0.2) is 39.3 Å². The van der Waals surface area contributed by atoms with E-state index in [0.29, 0.717) is 5.57 Å². The van der Waals surface area contributed by atoms with Gasteiger partial charge in [-0.25, -0.2) is 4.79 Å². The van der Waals surface area contributed by atoms with Crippen molar-refractivity contribution in [3.63, 3.8) is 0 Å². The molecule has 0 radical (unpaired) electrons. The minimum atomic E-state index is -1.35. The summed E-state index contributed by atoms with van der Waals surface area (Å²) in [6.07, 6.45) is 5.29. The third-order valence-corrected chi connectivity index (χ3v) is 3.66. The summed E-state index contributed by atoms with van der Waals surface area (Å²) in [6, 6.07) is 0. The molecule has 0 saturated carbocycles. The molecule has 1 rings (SSSR count). The van der Waals surface area contributed by atoms with E-state index in [9.17, 15) is 14.7 Å². The van der Waals surface area contributed by atoms with Crippen molar-refractivity contribution < 1.29 is 24.9 Å². The van der Waals surface area contributed by atoms with E-state index in [-0.39, 0.29) is 17.8 Å². The summed E-state index contributed by atoms with van der Waals surface area (Å²) in [6.45, 7) is 4.75. The maximum absolute atomic E-state index is 11.6. The van der Waals surface area contributed by atoms with E-state index in [0.717, 1.165) is 6.08 Å². The number of aliphatic hydroxyl groups excluding tert-OH is 1. The molecule has 0 aromatic carbocycles. The largest absolute Gasteiger partial charge is 0.478 e. The molecule has 0 saturated heterocycles. The number of carbonyl (C=O) groups is 2. The van der Waals surface area contributed by atoms with Crippen LogP contribution in [0, 0.1) is 5.41 Å². The van der Waals surface area contributed by atoms with Gasteiger partial charge in [0.15, 0.2) is 5.78 Å². The Balaban J connectivity index is 3.18. The number of hydrogen-bond donors (Lipinski definition) is 3. The summed E-state index contributed by atoms with van der Waals surface area (Å²) in [5, 5.41) is 28.6. The lowest BCUT2D eigenvalue weighted by molar-refractivity contribution is -0.131. The van der Waals surface area contributed by atoms with Gasteiger partial charge in [0.05, 0.1) is 6.61 Å². The second-order valence-electron chi connectivity index (χ2n) is 5.67. The molecule has 0 unspecified atom stereocenters. The first kappa shape index (κ1) is 16.3. The monoisotopic (exact) mass is 280 g/mol. The van der Waals surface area contributed by atoms with Gasteiger partial charge in [-0.3, -0.25) is 4.79 Å². The standard InChI is InChI=1S/C15H20O5/c1-10-6-12(17)8-14(2,3)15(10,20)5-4-11(9-16)7-13(18)19/h4-7,16,20H,8-9H2,1-3H3,(H,18,19)/b5-4+,11-7-/t15-/m1/s1. The Morgan fingerprint density at radius 2 is 2.05 bits per heavy atom. The van der Waals surface area contributed by atoms with Crippen molar-refractivity contribution in [2.75, 3.05) is 6.61 Å². The summed E-state index contributed by atoms with van der Waals surface area (Å²) in [7, 11) is 0. The molecule has 110 valence electrons. The van der Waals surface area contributed by atoms with E-state index < -0.39 is 23.6 Å². The molecule has 1 atom stereocenters. The van der Waals surface area contributed by atoms with Gasteiger partial charge in [-0.1, -0.05) is 19.9 Å². The van der Waals surface area contributed by atoms with E-state index in [1.165, 1.54) is 18.2 Å². The van der Waals surface area contributed by atoms with Gasteiger partial charge in [-0.05, 0) is 30.2 Å². The van der Waals surface area contributed by atoms with Crippen LogP contribution in [0.4, 0.5) is 0 Å². The molecule has 0 aromatic rings. The third kappa shape index (κ3) is 3.23. The zero-order valence-corrected chi connectivity index (χ0v) is 11.9. The SMILES string of the molecule is CC1=CC(=O)CC(C)(C)[C@@]1(O)/C=C/C(=C/C(=O)O)CO. The Hall–Kier alpha value is -1.72. The number of allylic oxidation sites excluding steroid dienone is 1. The Bertz CT molecular complexity index is 510. The molecule has 0 amide bonds. The summed E-state index contributed by atoms with van der Waals surface area (Å²) >= 11 is 0. The van der Waals surface area contributed by atoms with Crippen LogP contribution in [0.15, 0.2) is 35.5 Å². The molecule has 3 N–H and O–H groups in total. The van der Waals surface area contributed by atoms with Crippen LogP contribution in [-0.2, 0) is 9.59 Å². The lowest BCUT2D eigenvalue weighted by Gasteiger charge is -2.44. The van der Waals surface area contributed by atoms with Crippen LogP contribution < -0.4 is 0 Å². The molecule has 0 heterocycles. The number of carboxylic acid groups (broad SMARTS) is 1. The van der Waals surface area contributed by atoms with Crippen LogP contribution in [0.3, 0.4) is 0 Å². The number of carboxylic acids is 1. The molecule has 1 aliphatic carbocycles. The van der Waals surface area contributed by atoms with Gasteiger partial charge >= 0.3 is 5.97 Å². The predicted molar refractivity (Wildman–Crippen MR) is 74.1 cm³/mol. The fourth-order valence-corrected chi connectivity index (χ4v) is 2.40. The van der Waals surface area contributed by atoms with E-state index in [4.69, 9.17) is 10.2 Å². The number of aliphatic carboxylic acids is 1. The van der Waals surface area contributed by atoms with Crippen molar-refractivity contribution in [1.29, 1.82) is 0 Å². The van der Waals surface area contributed by atoms with E-state index in [2.05, 4.69) is 0 Å². The van der Waals surface area contributed by atoms with Gasteiger partial charge in [0.1, 0.15) is 5.60 Å². The number of ketones is 1. The zero-order chi connectivity index (χ0) is 15.6. The smallest absolute Gasteiger partial charge is 0.328 e. The Labute approximate surface area is 117 Å². The Kier molecular flexibility index (Phi) is 4.68. The highest BCUT2D eigenvalue weighted by Gasteiger charge is 2.46. The average Bonchev–Trinajstić information content (AvgIpc) is 2.30. The topological polar surface area (TPSA) is 94.8 Å². The normalized spacial score (nSPS) is 26.8. The van der Waals surface area contributed by atoms with Crippen molar-refractivity contribution in [2.24, 2.45) is 5.41 Å². The summed E-state index contributed by atoms with van der Waals surface area (Å²) in [5.41, 5.74) is -1.38. The molecule has 0 bridgehead atoms. The van der Waals surface area contributed by atoms with Crippen LogP contribution in [0.25, 0.3) is 0 Å².